The average molecular weight is 760 g/mol. The van der Waals surface area contributed by atoms with E-state index < -0.39 is 24.1 Å². The number of nitrogens with zero attached hydrogens (tertiary/aromatic N) is 5. The Kier molecular flexibility index (Phi) is 10.3. The Morgan fingerprint density at radius 1 is 0.789 bits per heavy atom. The number of urea groups is 1. The van der Waals surface area contributed by atoms with Gasteiger partial charge in [0.15, 0.2) is 0 Å². The third kappa shape index (κ3) is 7.61. The van der Waals surface area contributed by atoms with E-state index in [-0.39, 0.29) is 56.9 Å². The molecule has 0 radical (unpaired) electrons. The molecule has 6 aromatic rings. The van der Waals surface area contributed by atoms with E-state index in [2.05, 4.69) is 10.6 Å². The minimum absolute atomic E-state index is 0.0733. The number of fused-ring (bicyclic) bond motifs is 3. The van der Waals surface area contributed by atoms with Crippen LogP contribution in [-0.2, 0) is 29.1 Å². The van der Waals surface area contributed by atoms with Crippen LogP contribution in [0.1, 0.15) is 27.0 Å². The summed E-state index contributed by atoms with van der Waals surface area (Å²) in [4.78, 5) is 58.7. The molecule has 0 saturated carbocycles. The number of benzene rings is 6. The maximum atomic E-state index is 14.5. The van der Waals surface area contributed by atoms with Crippen LogP contribution in [0.5, 0.6) is 0 Å². The minimum atomic E-state index is -0.918. The fourth-order valence-electron chi connectivity index (χ4n) is 7.81. The standard InChI is InChI=1S/C45H38FN7O4/c46-35-19-15-31(16-20-35)26-48-45(57)51(24-23-47)52-29-42(54)53-40(44(56)50(28-41(52)53)27-34-11-5-9-32-7-1-3-12-37(32)34)25-30-17-21-36(22-18-30)49-43(55)39-14-6-10-33-8-2-4-13-38(33)39/h1-22,40-41H,24-29H2,(H,48,57)(H,49,55)/t40-,41+/m0/s1. The fraction of sp³-hybridized carbons (Fsp3) is 0.178. The van der Waals surface area contributed by atoms with Crippen molar-refractivity contribution in [2.45, 2.75) is 31.7 Å². The van der Waals surface area contributed by atoms with Crippen LogP contribution < -0.4 is 10.6 Å². The highest BCUT2D eigenvalue weighted by molar-refractivity contribution is 6.13. The van der Waals surface area contributed by atoms with Crippen LogP contribution in [0.25, 0.3) is 21.5 Å². The van der Waals surface area contributed by atoms with Crippen molar-refractivity contribution in [2.24, 2.45) is 0 Å². The van der Waals surface area contributed by atoms with Gasteiger partial charge in [-0.3, -0.25) is 14.4 Å². The Bertz CT molecular complexity index is 2530. The lowest BCUT2D eigenvalue weighted by atomic mass is 9.98. The van der Waals surface area contributed by atoms with E-state index in [9.17, 15) is 28.8 Å². The van der Waals surface area contributed by atoms with Crippen molar-refractivity contribution in [3.05, 3.63) is 162 Å². The van der Waals surface area contributed by atoms with Gasteiger partial charge < -0.3 is 20.4 Å². The molecule has 12 heteroatoms. The number of piperazine rings is 1. The Morgan fingerprint density at radius 2 is 1.44 bits per heavy atom. The Morgan fingerprint density at radius 3 is 2.18 bits per heavy atom. The lowest BCUT2D eigenvalue weighted by Gasteiger charge is -2.46. The number of nitrogens with one attached hydrogen (secondary N) is 2. The van der Waals surface area contributed by atoms with Crippen molar-refractivity contribution in [1.82, 2.24) is 25.1 Å². The Labute approximate surface area is 328 Å². The van der Waals surface area contributed by atoms with Crippen molar-refractivity contribution < 1.29 is 23.6 Å². The van der Waals surface area contributed by atoms with Crippen LogP contribution in [0.15, 0.2) is 133 Å². The molecule has 8 rings (SSSR count). The predicted molar refractivity (Wildman–Crippen MR) is 213 cm³/mol. The summed E-state index contributed by atoms with van der Waals surface area (Å²) in [7, 11) is 0. The SMILES string of the molecule is N#CCN(C(=O)NCc1ccc(F)cc1)N1CC(=O)N2[C@@H](Cc3ccc(NC(=O)c4cccc5ccccc45)cc3)C(=O)N(Cc3cccc4ccccc34)C[C@@H]21. The molecule has 284 valence electrons. The molecule has 11 nitrogen and oxygen atoms in total. The summed E-state index contributed by atoms with van der Waals surface area (Å²) in [6.07, 6.45) is -0.576. The third-order valence-corrected chi connectivity index (χ3v) is 10.6. The van der Waals surface area contributed by atoms with Gasteiger partial charge in [0.1, 0.15) is 24.6 Å². The van der Waals surface area contributed by atoms with Crippen LogP contribution in [0.2, 0.25) is 0 Å². The molecule has 6 aromatic carbocycles. The second-order valence-electron chi connectivity index (χ2n) is 14.1. The summed E-state index contributed by atoms with van der Waals surface area (Å²) in [5.41, 5.74) is 3.48. The molecule has 5 amide bonds. The van der Waals surface area contributed by atoms with Crippen molar-refractivity contribution in [1.29, 1.82) is 5.26 Å². The Balaban J connectivity index is 1.06. The molecule has 2 fully saturated rings. The van der Waals surface area contributed by atoms with Gasteiger partial charge in [0, 0.05) is 30.8 Å². The molecule has 0 aliphatic carbocycles. The van der Waals surface area contributed by atoms with E-state index >= 15 is 0 Å². The van der Waals surface area contributed by atoms with Gasteiger partial charge in [-0.1, -0.05) is 103 Å². The number of nitriles is 1. The van der Waals surface area contributed by atoms with Gasteiger partial charge >= 0.3 is 6.03 Å². The number of hydrogen-bond acceptors (Lipinski definition) is 6. The second kappa shape index (κ2) is 15.9. The number of rotatable bonds is 10. The van der Waals surface area contributed by atoms with E-state index in [4.69, 9.17) is 0 Å². The first-order valence-corrected chi connectivity index (χ1v) is 18.7. The number of carbonyl (C=O) groups is 4. The van der Waals surface area contributed by atoms with Gasteiger partial charge in [0.25, 0.3) is 5.91 Å². The van der Waals surface area contributed by atoms with Gasteiger partial charge in [-0.2, -0.15) is 10.3 Å². The van der Waals surface area contributed by atoms with E-state index in [1.165, 1.54) is 22.0 Å². The molecule has 0 bridgehead atoms. The monoisotopic (exact) mass is 759 g/mol. The smallest absolute Gasteiger partial charge is 0.333 e. The highest BCUT2D eigenvalue weighted by atomic mass is 19.1. The highest BCUT2D eigenvalue weighted by Gasteiger charge is 2.52. The largest absolute Gasteiger partial charge is 0.333 e. The zero-order chi connectivity index (χ0) is 39.5. The molecule has 2 saturated heterocycles. The number of halogens is 1. The van der Waals surface area contributed by atoms with Crippen molar-refractivity contribution in [3.63, 3.8) is 0 Å². The summed E-state index contributed by atoms with van der Waals surface area (Å²) in [5, 5.41) is 22.2. The van der Waals surface area contributed by atoms with E-state index in [0.717, 1.165) is 32.7 Å². The Hall–Kier alpha value is -7.10. The molecule has 0 unspecified atom stereocenters. The van der Waals surface area contributed by atoms with Gasteiger partial charge in [-0.25, -0.2) is 14.2 Å². The lowest BCUT2D eigenvalue weighted by molar-refractivity contribution is -0.157. The lowest BCUT2D eigenvalue weighted by Crippen LogP contribution is -2.66. The summed E-state index contributed by atoms with van der Waals surface area (Å²) < 4.78 is 13.5. The van der Waals surface area contributed by atoms with Crippen molar-refractivity contribution in [2.75, 3.05) is 25.0 Å². The first-order valence-electron chi connectivity index (χ1n) is 18.7. The van der Waals surface area contributed by atoms with Gasteiger partial charge in [0.05, 0.1) is 19.2 Å². The molecule has 2 aliphatic heterocycles. The molecular weight excluding hydrogens is 722 g/mol. The van der Waals surface area contributed by atoms with Gasteiger partial charge in [-0.05, 0) is 68.6 Å². The first-order chi connectivity index (χ1) is 27.8. The molecule has 57 heavy (non-hydrogen) atoms. The van der Waals surface area contributed by atoms with Crippen LogP contribution in [0.3, 0.4) is 0 Å². The number of amides is 5. The summed E-state index contributed by atoms with van der Waals surface area (Å²) >= 11 is 0. The third-order valence-electron chi connectivity index (χ3n) is 10.6. The predicted octanol–water partition coefficient (Wildman–Crippen LogP) is 6.46. The van der Waals surface area contributed by atoms with Crippen LogP contribution >= 0.6 is 0 Å². The first kappa shape index (κ1) is 36.9. The summed E-state index contributed by atoms with van der Waals surface area (Å²) in [5.74, 6) is -1.24. The maximum Gasteiger partial charge on any atom is 0.333 e. The number of hydrazine groups is 1. The molecular formula is C45H38FN7O4. The number of hydrogen-bond donors (Lipinski definition) is 2. The van der Waals surface area contributed by atoms with Crippen molar-refractivity contribution >= 4 is 51.0 Å². The zero-order valence-corrected chi connectivity index (χ0v) is 30.8. The van der Waals surface area contributed by atoms with E-state index in [1.807, 2.05) is 97.1 Å². The minimum Gasteiger partial charge on any atom is -0.333 e. The fourth-order valence-corrected chi connectivity index (χ4v) is 7.81. The quantitative estimate of drug-likeness (QED) is 0.154. The summed E-state index contributed by atoms with van der Waals surface area (Å²) in [6, 6.07) is 40.6. The maximum absolute atomic E-state index is 14.5. The normalized spacial score (nSPS) is 16.7. The molecule has 2 N–H and O–H groups in total. The van der Waals surface area contributed by atoms with Gasteiger partial charge in [0.2, 0.25) is 11.8 Å². The molecule has 2 aliphatic rings. The van der Waals surface area contributed by atoms with Crippen LogP contribution in [-0.4, -0.2) is 75.4 Å². The highest BCUT2D eigenvalue weighted by Crippen LogP contribution is 2.32. The zero-order valence-electron chi connectivity index (χ0n) is 30.8. The molecule has 2 heterocycles. The molecule has 2 atom stereocenters. The summed E-state index contributed by atoms with van der Waals surface area (Å²) in [6.45, 7) is -0.139. The van der Waals surface area contributed by atoms with E-state index in [1.54, 1.807) is 40.2 Å². The topological polar surface area (TPSA) is 129 Å². The van der Waals surface area contributed by atoms with Crippen molar-refractivity contribution in [3.8, 4) is 6.07 Å². The van der Waals surface area contributed by atoms with Crippen LogP contribution in [0.4, 0.5) is 14.9 Å². The van der Waals surface area contributed by atoms with Gasteiger partial charge in [-0.15, -0.1) is 0 Å². The second-order valence-corrected chi connectivity index (χ2v) is 14.1. The van der Waals surface area contributed by atoms with E-state index in [0.29, 0.717) is 16.8 Å². The average Bonchev–Trinajstić information content (AvgIpc) is 3.56. The molecule has 0 spiro atoms. The molecule has 0 aromatic heterocycles. The number of anilines is 1. The van der Waals surface area contributed by atoms with Crippen LogP contribution in [0, 0.1) is 17.1 Å². The number of carbonyl (C=O) groups excluding carboxylic acids is 4.